The van der Waals surface area contributed by atoms with Crippen LogP contribution in [0.2, 0.25) is 0 Å². The Morgan fingerprint density at radius 1 is 1.33 bits per heavy atom. The molecule has 1 aliphatic rings. The van der Waals surface area contributed by atoms with Gasteiger partial charge in [0.15, 0.2) is 0 Å². The van der Waals surface area contributed by atoms with Crippen LogP contribution in [0.15, 0.2) is 0 Å². The molecular formula is C10H19FO. The summed E-state index contributed by atoms with van der Waals surface area (Å²) in [6.45, 7) is 2.53. The summed E-state index contributed by atoms with van der Waals surface area (Å²) >= 11 is 0. The number of rotatable bonds is 5. The Morgan fingerprint density at radius 3 is 2.75 bits per heavy atom. The van der Waals surface area contributed by atoms with E-state index in [2.05, 4.69) is 6.92 Å². The van der Waals surface area contributed by atoms with Gasteiger partial charge in [-0.1, -0.05) is 32.6 Å². The predicted molar refractivity (Wildman–Crippen MR) is 48.0 cm³/mol. The fourth-order valence-electron chi connectivity index (χ4n) is 1.66. The van der Waals surface area contributed by atoms with Crippen LogP contribution in [0.25, 0.3) is 0 Å². The average Bonchev–Trinajstić information content (AvgIpc) is 2.45. The lowest BCUT2D eigenvalue weighted by atomic mass is 10.1. The molecule has 1 heterocycles. The third-order valence-corrected chi connectivity index (χ3v) is 2.41. The Labute approximate surface area is 74.3 Å². The zero-order chi connectivity index (χ0) is 8.81. The van der Waals surface area contributed by atoms with E-state index in [1.54, 1.807) is 0 Å². The van der Waals surface area contributed by atoms with Crippen molar-refractivity contribution in [2.45, 2.75) is 57.7 Å². The van der Waals surface area contributed by atoms with Gasteiger partial charge < -0.3 is 4.74 Å². The molecule has 0 aromatic heterocycles. The first-order valence-corrected chi connectivity index (χ1v) is 5.08. The van der Waals surface area contributed by atoms with Crippen molar-refractivity contribution < 1.29 is 9.13 Å². The van der Waals surface area contributed by atoms with Crippen molar-refractivity contribution in [3.63, 3.8) is 0 Å². The minimum Gasteiger partial charge on any atom is -0.375 e. The Morgan fingerprint density at radius 2 is 2.17 bits per heavy atom. The molecule has 0 bridgehead atoms. The molecule has 0 radical (unpaired) electrons. The number of unbranched alkanes of at least 4 members (excludes halogenated alkanes) is 3. The first-order valence-electron chi connectivity index (χ1n) is 5.08. The van der Waals surface area contributed by atoms with Crippen LogP contribution in [0, 0.1) is 0 Å². The summed E-state index contributed by atoms with van der Waals surface area (Å²) in [5.74, 6) is 0. The Bertz CT molecular complexity index is 116. The third kappa shape index (κ3) is 3.53. The molecular weight excluding hydrogens is 155 g/mol. The van der Waals surface area contributed by atoms with Crippen LogP contribution < -0.4 is 0 Å². The molecule has 0 aliphatic carbocycles. The molecule has 0 amide bonds. The van der Waals surface area contributed by atoms with E-state index in [4.69, 9.17) is 4.74 Å². The molecule has 0 aromatic carbocycles. The average molecular weight is 174 g/mol. The van der Waals surface area contributed by atoms with Gasteiger partial charge in [-0.15, -0.1) is 0 Å². The van der Waals surface area contributed by atoms with E-state index >= 15 is 0 Å². The molecule has 1 nitrogen and oxygen atoms in total. The number of hydrogen-bond acceptors (Lipinski definition) is 1. The largest absolute Gasteiger partial charge is 0.375 e. The minimum absolute atomic E-state index is 0.219. The zero-order valence-electron chi connectivity index (χ0n) is 7.89. The molecule has 0 saturated carbocycles. The molecule has 1 fully saturated rings. The van der Waals surface area contributed by atoms with E-state index in [1.807, 2.05) is 0 Å². The van der Waals surface area contributed by atoms with E-state index in [9.17, 15) is 4.39 Å². The molecule has 2 atom stereocenters. The van der Waals surface area contributed by atoms with Crippen molar-refractivity contribution >= 4 is 0 Å². The number of alkyl halides is 1. The van der Waals surface area contributed by atoms with Crippen LogP contribution in [0.4, 0.5) is 4.39 Å². The van der Waals surface area contributed by atoms with Crippen LogP contribution >= 0.6 is 0 Å². The normalized spacial score (nSPS) is 29.5. The molecule has 1 saturated heterocycles. The maximum absolute atomic E-state index is 12.6. The van der Waals surface area contributed by atoms with E-state index < -0.39 is 6.17 Å². The van der Waals surface area contributed by atoms with Crippen molar-refractivity contribution in [1.29, 1.82) is 0 Å². The van der Waals surface area contributed by atoms with E-state index in [0.717, 1.165) is 6.42 Å². The van der Waals surface area contributed by atoms with Gasteiger partial charge in [0.05, 0.1) is 12.7 Å². The van der Waals surface area contributed by atoms with Crippen molar-refractivity contribution in [2.24, 2.45) is 0 Å². The molecule has 0 aromatic rings. The van der Waals surface area contributed by atoms with E-state index in [1.165, 1.54) is 25.7 Å². The summed E-state index contributed by atoms with van der Waals surface area (Å²) in [6.07, 6.45) is 6.24. The van der Waals surface area contributed by atoms with Gasteiger partial charge in [0.2, 0.25) is 0 Å². The summed E-state index contributed by atoms with van der Waals surface area (Å²) in [4.78, 5) is 0. The Hall–Kier alpha value is -0.110. The first-order chi connectivity index (χ1) is 5.83. The summed E-state index contributed by atoms with van der Waals surface area (Å²) in [6, 6.07) is 0. The van der Waals surface area contributed by atoms with Gasteiger partial charge in [-0.2, -0.15) is 0 Å². The van der Waals surface area contributed by atoms with E-state index in [-0.39, 0.29) is 6.10 Å². The second-order valence-electron chi connectivity index (χ2n) is 3.64. The monoisotopic (exact) mass is 174 g/mol. The van der Waals surface area contributed by atoms with Gasteiger partial charge in [-0.3, -0.25) is 0 Å². The van der Waals surface area contributed by atoms with Crippen molar-refractivity contribution in [1.82, 2.24) is 0 Å². The fraction of sp³-hybridized carbons (Fsp3) is 1.00. The molecule has 72 valence electrons. The summed E-state index contributed by atoms with van der Waals surface area (Å²) < 4.78 is 17.9. The van der Waals surface area contributed by atoms with Crippen LogP contribution in [-0.4, -0.2) is 18.9 Å². The number of halogens is 1. The quantitative estimate of drug-likeness (QED) is 0.582. The summed E-state index contributed by atoms with van der Waals surface area (Å²) in [5.41, 5.74) is 0. The highest BCUT2D eigenvalue weighted by Crippen LogP contribution is 2.20. The standard InChI is InChI=1S/C10H19FO/c1-2-3-4-5-6-10-7-9(11)8-12-10/h9-10H,2-8H2,1H3. The van der Waals surface area contributed by atoms with Crippen LogP contribution in [-0.2, 0) is 4.74 Å². The van der Waals surface area contributed by atoms with Crippen LogP contribution in [0.5, 0.6) is 0 Å². The van der Waals surface area contributed by atoms with Crippen molar-refractivity contribution in [3.8, 4) is 0 Å². The van der Waals surface area contributed by atoms with Crippen LogP contribution in [0.3, 0.4) is 0 Å². The summed E-state index contributed by atoms with van der Waals surface area (Å²) in [7, 11) is 0. The highest BCUT2D eigenvalue weighted by atomic mass is 19.1. The van der Waals surface area contributed by atoms with Gasteiger partial charge in [-0.05, 0) is 6.42 Å². The maximum atomic E-state index is 12.6. The van der Waals surface area contributed by atoms with Gasteiger partial charge >= 0.3 is 0 Å². The molecule has 12 heavy (non-hydrogen) atoms. The first kappa shape index (κ1) is 9.97. The molecule has 1 rings (SSSR count). The van der Waals surface area contributed by atoms with Crippen LogP contribution in [0.1, 0.15) is 45.4 Å². The number of ether oxygens (including phenoxy) is 1. The van der Waals surface area contributed by atoms with Gasteiger partial charge in [0.1, 0.15) is 6.17 Å². The molecule has 0 spiro atoms. The SMILES string of the molecule is CCCCCCC1CC(F)CO1. The highest BCUT2D eigenvalue weighted by molar-refractivity contribution is 4.72. The molecule has 2 heteroatoms. The predicted octanol–water partition coefficient (Wildman–Crippen LogP) is 3.08. The zero-order valence-corrected chi connectivity index (χ0v) is 7.89. The van der Waals surface area contributed by atoms with Gasteiger partial charge in [0.25, 0.3) is 0 Å². The Kier molecular flexibility index (Phi) is 4.59. The van der Waals surface area contributed by atoms with Gasteiger partial charge in [0, 0.05) is 6.42 Å². The fourth-order valence-corrected chi connectivity index (χ4v) is 1.66. The molecule has 2 unspecified atom stereocenters. The lowest BCUT2D eigenvalue weighted by Crippen LogP contribution is -2.04. The highest BCUT2D eigenvalue weighted by Gasteiger charge is 2.23. The topological polar surface area (TPSA) is 9.23 Å². The second-order valence-corrected chi connectivity index (χ2v) is 3.64. The molecule has 0 N–H and O–H groups in total. The van der Waals surface area contributed by atoms with Gasteiger partial charge in [-0.25, -0.2) is 4.39 Å². The smallest absolute Gasteiger partial charge is 0.126 e. The maximum Gasteiger partial charge on any atom is 0.126 e. The van der Waals surface area contributed by atoms with Crippen molar-refractivity contribution in [2.75, 3.05) is 6.61 Å². The number of hydrogen-bond donors (Lipinski definition) is 0. The summed E-state index contributed by atoms with van der Waals surface area (Å²) in [5, 5.41) is 0. The second kappa shape index (κ2) is 5.52. The molecule has 1 aliphatic heterocycles. The van der Waals surface area contributed by atoms with Crippen molar-refractivity contribution in [3.05, 3.63) is 0 Å². The van der Waals surface area contributed by atoms with E-state index in [0.29, 0.717) is 13.0 Å². The lowest BCUT2D eigenvalue weighted by Gasteiger charge is -2.07. The lowest BCUT2D eigenvalue weighted by molar-refractivity contribution is 0.0950. The minimum atomic E-state index is -0.693. The Balaban J connectivity index is 1.93. The third-order valence-electron chi connectivity index (χ3n) is 2.41.